The van der Waals surface area contributed by atoms with Crippen LogP contribution in [0, 0.1) is 17.8 Å². The first kappa shape index (κ1) is 25.5. The van der Waals surface area contributed by atoms with Gasteiger partial charge in [-0.2, -0.15) is 0 Å². The molecule has 2 saturated carbocycles. The Hall–Kier alpha value is -2.61. The van der Waals surface area contributed by atoms with Gasteiger partial charge in [0.15, 0.2) is 0 Å². The molecule has 0 radical (unpaired) electrons. The number of rotatable bonds is 9. The van der Waals surface area contributed by atoms with Crippen molar-refractivity contribution in [3.05, 3.63) is 89.5 Å². The number of allylic oxidation sites excluding steroid dienone is 4. The van der Waals surface area contributed by atoms with E-state index in [1.165, 1.54) is 62.5 Å². The number of esters is 1. The molecule has 0 saturated heterocycles. The van der Waals surface area contributed by atoms with Crippen molar-refractivity contribution in [3.63, 3.8) is 0 Å². The second kappa shape index (κ2) is 12.9. The van der Waals surface area contributed by atoms with E-state index in [0.717, 1.165) is 30.6 Å². The van der Waals surface area contributed by atoms with E-state index in [4.69, 9.17) is 4.74 Å². The Morgan fingerprint density at radius 3 is 2.26 bits per heavy atom. The molecule has 0 aromatic heterocycles. The maximum atomic E-state index is 12.7. The van der Waals surface area contributed by atoms with E-state index >= 15 is 0 Å². The fourth-order valence-corrected chi connectivity index (χ4v) is 6.25. The molecule has 0 N–H and O–H groups in total. The van der Waals surface area contributed by atoms with Gasteiger partial charge in [-0.05, 0) is 131 Å². The predicted octanol–water partition coefficient (Wildman–Crippen LogP) is 9.07. The van der Waals surface area contributed by atoms with Gasteiger partial charge in [-0.3, -0.25) is 0 Å². The molecule has 0 bridgehead atoms. The number of carbonyl (C=O) groups excluding carboxylic acids is 1. The Balaban J connectivity index is 1.27. The topological polar surface area (TPSA) is 26.3 Å². The summed E-state index contributed by atoms with van der Waals surface area (Å²) in [7, 11) is 0. The molecule has 2 fully saturated rings. The molecule has 4 rings (SSSR count). The molecule has 0 spiro atoms. The number of carbonyl (C=O) groups is 1. The molecule has 4 unspecified atom stereocenters. The second-order valence-electron chi connectivity index (χ2n) is 10.6. The molecule has 0 amide bonds. The highest BCUT2D eigenvalue weighted by atomic mass is 16.5. The fourth-order valence-electron chi connectivity index (χ4n) is 6.25. The maximum absolute atomic E-state index is 12.7. The zero-order valence-electron chi connectivity index (χ0n) is 21.6. The van der Waals surface area contributed by atoms with Crippen LogP contribution in [-0.4, -0.2) is 5.97 Å². The summed E-state index contributed by atoms with van der Waals surface area (Å²) in [6, 6.07) is 16.1. The van der Waals surface area contributed by atoms with E-state index < -0.39 is 0 Å². The lowest BCUT2D eigenvalue weighted by Crippen LogP contribution is -2.30. The first-order chi connectivity index (χ1) is 17.2. The molecular formula is C33H42O2. The van der Waals surface area contributed by atoms with Gasteiger partial charge in [0.1, 0.15) is 5.75 Å². The molecule has 2 aliphatic carbocycles. The normalized spacial score (nSPS) is 24.5. The van der Waals surface area contributed by atoms with Gasteiger partial charge in [-0.15, -0.1) is 0 Å². The summed E-state index contributed by atoms with van der Waals surface area (Å²) in [6.45, 7) is 4.17. The lowest BCUT2D eigenvalue weighted by atomic mass is 9.63. The molecule has 0 heterocycles. The Bertz CT molecular complexity index is 983. The van der Waals surface area contributed by atoms with Gasteiger partial charge in [0, 0.05) is 0 Å². The number of benzene rings is 2. The number of hydrogen-bond donors (Lipinski definition) is 0. The van der Waals surface area contributed by atoms with E-state index in [9.17, 15) is 4.79 Å². The van der Waals surface area contributed by atoms with E-state index in [1.54, 1.807) is 0 Å². The average Bonchev–Trinajstić information content (AvgIpc) is 2.90. The SMILES string of the molecule is C/C=C/CCc1ccc(OC(=O)c2ccc(C3CCC4CC(CC/C=C/C)CCC4C3)cc2)cc1. The third-order valence-corrected chi connectivity index (χ3v) is 8.29. The van der Waals surface area contributed by atoms with Crippen LogP contribution in [0.1, 0.15) is 99.0 Å². The highest BCUT2D eigenvalue weighted by molar-refractivity contribution is 5.91. The van der Waals surface area contributed by atoms with Crippen LogP contribution in [0.25, 0.3) is 0 Å². The Kier molecular flexibility index (Phi) is 9.40. The zero-order chi connectivity index (χ0) is 24.5. The summed E-state index contributed by atoms with van der Waals surface area (Å²) >= 11 is 0. The smallest absolute Gasteiger partial charge is 0.343 e. The highest BCUT2D eigenvalue weighted by Gasteiger charge is 2.35. The molecular weight excluding hydrogens is 428 g/mol. The van der Waals surface area contributed by atoms with Crippen LogP contribution in [0.15, 0.2) is 72.8 Å². The molecule has 2 aliphatic rings. The van der Waals surface area contributed by atoms with Crippen molar-refractivity contribution in [2.75, 3.05) is 0 Å². The summed E-state index contributed by atoms with van der Waals surface area (Å²) in [6.07, 6.45) is 21.6. The minimum atomic E-state index is -0.279. The Labute approximate surface area is 212 Å². The van der Waals surface area contributed by atoms with E-state index in [2.05, 4.69) is 43.4 Å². The fraction of sp³-hybridized carbons (Fsp3) is 0.485. The summed E-state index contributed by atoms with van der Waals surface area (Å²) < 4.78 is 5.63. The average molecular weight is 471 g/mol. The number of hydrogen-bond acceptors (Lipinski definition) is 2. The lowest BCUT2D eigenvalue weighted by molar-refractivity contribution is 0.0734. The molecule has 186 valence electrons. The van der Waals surface area contributed by atoms with Crippen molar-refractivity contribution in [1.29, 1.82) is 0 Å². The maximum Gasteiger partial charge on any atom is 0.343 e. The van der Waals surface area contributed by atoms with Crippen molar-refractivity contribution in [3.8, 4) is 5.75 Å². The van der Waals surface area contributed by atoms with Crippen molar-refractivity contribution in [2.24, 2.45) is 17.8 Å². The van der Waals surface area contributed by atoms with Gasteiger partial charge in [0.2, 0.25) is 0 Å². The zero-order valence-corrected chi connectivity index (χ0v) is 21.6. The van der Waals surface area contributed by atoms with E-state index in [-0.39, 0.29) is 5.97 Å². The predicted molar refractivity (Wildman–Crippen MR) is 146 cm³/mol. The Morgan fingerprint density at radius 2 is 1.51 bits per heavy atom. The van der Waals surface area contributed by atoms with Crippen LogP contribution in [0.5, 0.6) is 5.75 Å². The first-order valence-corrected chi connectivity index (χ1v) is 13.8. The standard InChI is InChI=1S/C33H42O2/c1-3-5-7-9-25-12-21-32(22-13-25)35-33(34)28-17-15-27(16-18-28)30-20-19-29-23-26(10-8-6-4-2)11-14-31(29)24-30/h3-6,12-13,15-18,21-22,26,29-31H,7-11,14,19-20,23-24H2,1-2H3/b5-3+,6-4+. The van der Waals surface area contributed by atoms with Crippen LogP contribution >= 0.6 is 0 Å². The molecule has 4 atom stereocenters. The third kappa shape index (κ3) is 7.19. The summed E-state index contributed by atoms with van der Waals surface area (Å²) in [5, 5.41) is 0. The summed E-state index contributed by atoms with van der Waals surface area (Å²) in [5.74, 6) is 3.71. The lowest BCUT2D eigenvalue weighted by Gasteiger charge is -2.42. The van der Waals surface area contributed by atoms with Crippen molar-refractivity contribution >= 4 is 5.97 Å². The minimum Gasteiger partial charge on any atom is -0.423 e. The second-order valence-corrected chi connectivity index (χ2v) is 10.6. The Morgan fingerprint density at radius 1 is 0.829 bits per heavy atom. The van der Waals surface area contributed by atoms with Gasteiger partial charge < -0.3 is 4.74 Å². The molecule has 2 aromatic carbocycles. The van der Waals surface area contributed by atoms with Crippen LogP contribution in [-0.2, 0) is 6.42 Å². The van der Waals surface area contributed by atoms with Gasteiger partial charge in [-0.25, -0.2) is 4.79 Å². The monoisotopic (exact) mass is 470 g/mol. The highest BCUT2D eigenvalue weighted by Crippen LogP contribution is 2.48. The van der Waals surface area contributed by atoms with E-state index in [1.807, 2.05) is 43.3 Å². The molecule has 35 heavy (non-hydrogen) atoms. The quantitative estimate of drug-likeness (QED) is 0.207. The molecule has 2 heteroatoms. The number of aryl methyl sites for hydroxylation is 1. The van der Waals surface area contributed by atoms with Crippen molar-refractivity contribution < 1.29 is 9.53 Å². The number of fused-ring (bicyclic) bond motifs is 1. The number of ether oxygens (including phenoxy) is 1. The molecule has 2 aromatic rings. The van der Waals surface area contributed by atoms with Gasteiger partial charge >= 0.3 is 5.97 Å². The van der Waals surface area contributed by atoms with Gasteiger partial charge in [0.05, 0.1) is 5.56 Å². The first-order valence-electron chi connectivity index (χ1n) is 13.8. The van der Waals surface area contributed by atoms with Crippen molar-refractivity contribution in [1.82, 2.24) is 0 Å². The summed E-state index contributed by atoms with van der Waals surface area (Å²) in [4.78, 5) is 12.7. The third-order valence-electron chi connectivity index (χ3n) is 8.29. The van der Waals surface area contributed by atoms with Crippen LogP contribution in [0.2, 0.25) is 0 Å². The van der Waals surface area contributed by atoms with Crippen LogP contribution in [0.3, 0.4) is 0 Å². The molecule has 0 aliphatic heterocycles. The van der Waals surface area contributed by atoms with Gasteiger partial charge in [-0.1, -0.05) is 55.0 Å². The van der Waals surface area contributed by atoms with Crippen molar-refractivity contribution in [2.45, 2.75) is 84.0 Å². The largest absolute Gasteiger partial charge is 0.423 e. The van der Waals surface area contributed by atoms with E-state index in [0.29, 0.717) is 17.2 Å². The molecule has 2 nitrogen and oxygen atoms in total. The minimum absolute atomic E-state index is 0.279. The van der Waals surface area contributed by atoms with Gasteiger partial charge in [0.25, 0.3) is 0 Å². The summed E-state index contributed by atoms with van der Waals surface area (Å²) in [5.41, 5.74) is 3.27. The van der Waals surface area contributed by atoms with Crippen LogP contribution < -0.4 is 4.74 Å². The van der Waals surface area contributed by atoms with Crippen LogP contribution in [0.4, 0.5) is 0 Å².